The normalized spacial score (nSPS) is 10.0. The van der Waals surface area contributed by atoms with Gasteiger partial charge in [0.2, 0.25) is 0 Å². The van der Waals surface area contributed by atoms with Gasteiger partial charge in [0, 0.05) is 12.1 Å². The van der Waals surface area contributed by atoms with Crippen LogP contribution in [0, 0.1) is 5.82 Å². The van der Waals surface area contributed by atoms with Gasteiger partial charge in [-0.2, -0.15) is 0 Å². The smallest absolute Gasteiger partial charge is 0.166 e. The van der Waals surface area contributed by atoms with Crippen molar-refractivity contribution in [1.82, 2.24) is 5.32 Å². The summed E-state index contributed by atoms with van der Waals surface area (Å²) in [5, 5.41) is 3.36. The molecule has 1 N–H and O–H groups in total. The number of rotatable bonds is 8. The van der Waals surface area contributed by atoms with Crippen LogP contribution in [0.4, 0.5) is 4.39 Å². The van der Waals surface area contributed by atoms with Gasteiger partial charge in [-0.25, -0.2) is 4.39 Å². The van der Waals surface area contributed by atoms with E-state index in [4.69, 9.17) is 9.47 Å². The molecule has 0 unspecified atom stereocenters. The van der Waals surface area contributed by atoms with Gasteiger partial charge in [0.1, 0.15) is 12.4 Å². The maximum atomic E-state index is 12.9. The number of ether oxygens (including phenoxy) is 2. The van der Waals surface area contributed by atoms with Crippen molar-refractivity contribution >= 4 is 12.4 Å². The second-order valence-electron chi connectivity index (χ2n) is 5.04. The molecule has 0 aliphatic carbocycles. The Labute approximate surface area is 143 Å². The quantitative estimate of drug-likeness (QED) is 0.726. The minimum atomic E-state index is -0.245. The van der Waals surface area contributed by atoms with Crippen molar-refractivity contribution in [2.75, 3.05) is 13.7 Å². The number of hydrogen-bond donors (Lipinski definition) is 1. The number of nitrogens with one attached hydrogen (secondary N) is 1. The van der Waals surface area contributed by atoms with E-state index < -0.39 is 0 Å². The van der Waals surface area contributed by atoms with Gasteiger partial charge in [-0.15, -0.1) is 12.4 Å². The molecule has 5 heteroatoms. The summed E-state index contributed by atoms with van der Waals surface area (Å²) in [6.45, 7) is 4.18. The Balaban J connectivity index is 0.00000264. The van der Waals surface area contributed by atoms with E-state index in [0.29, 0.717) is 12.4 Å². The lowest BCUT2D eigenvalue weighted by atomic mass is 10.1. The van der Waals surface area contributed by atoms with E-state index >= 15 is 0 Å². The molecule has 0 aliphatic heterocycles. The third kappa shape index (κ3) is 5.73. The number of halogens is 2. The number of benzene rings is 2. The van der Waals surface area contributed by atoms with Gasteiger partial charge < -0.3 is 14.8 Å². The highest BCUT2D eigenvalue weighted by Crippen LogP contribution is 2.31. The van der Waals surface area contributed by atoms with Gasteiger partial charge in [-0.3, -0.25) is 0 Å². The van der Waals surface area contributed by atoms with Crippen molar-refractivity contribution in [3.05, 3.63) is 59.4 Å². The molecule has 0 amide bonds. The number of methoxy groups -OCH3 is 1. The number of hydrogen-bond acceptors (Lipinski definition) is 3. The zero-order valence-corrected chi connectivity index (χ0v) is 14.3. The molecule has 0 fully saturated rings. The first-order valence-electron chi connectivity index (χ1n) is 7.48. The van der Waals surface area contributed by atoms with E-state index in [2.05, 4.69) is 12.2 Å². The second-order valence-corrected chi connectivity index (χ2v) is 5.04. The summed E-state index contributed by atoms with van der Waals surface area (Å²) in [6.07, 6.45) is 1.08. The molecular formula is C18H23ClFNO2. The Kier molecular flexibility index (Phi) is 8.45. The summed E-state index contributed by atoms with van der Waals surface area (Å²) in [6, 6.07) is 12.2. The largest absolute Gasteiger partial charge is 0.493 e. The fraction of sp³-hybridized carbons (Fsp3) is 0.333. The predicted octanol–water partition coefficient (Wildman–Crippen LogP) is 4.33. The van der Waals surface area contributed by atoms with Gasteiger partial charge >= 0.3 is 0 Å². The summed E-state index contributed by atoms with van der Waals surface area (Å²) in [5.41, 5.74) is 1.97. The highest BCUT2D eigenvalue weighted by atomic mass is 35.5. The lowest BCUT2D eigenvalue weighted by Gasteiger charge is -2.15. The van der Waals surface area contributed by atoms with Crippen LogP contribution in [0.5, 0.6) is 11.5 Å². The molecule has 0 aliphatic rings. The third-order valence-electron chi connectivity index (χ3n) is 3.32. The van der Waals surface area contributed by atoms with Crippen LogP contribution in [0.1, 0.15) is 24.5 Å². The van der Waals surface area contributed by atoms with Crippen molar-refractivity contribution in [3.63, 3.8) is 0 Å². The van der Waals surface area contributed by atoms with Crippen LogP contribution in [0.2, 0.25) is 0 Å². The van der Waals surface area contributed by atoms with E-state index in [1.807, 2.05) is 18.2 Å². The number of para-hydroxylation sites is 1. The highest BCUT2D eigenvalue weighted by Gasteiger charge is 2.10. The molecule has 0 saturated carbocycles. The van der Waals surface area contributed by atoms with E-state index in [1.54, 1.807) is 19.2 Å². The molecule has 0 spiro atoms. The van der Waals surface area contributed by atoms with Crippen LogP contribution in [-0.4, -0.2) is 13.7 Å². The van der Waals surface area contributed by atoms with Crippen LogP contribution >= 0.6 is 12.4 Å². The summed E-state index contributed by atoms with van der Waals surface area (Å²) >= 11 is 0. The topological polar surface area (TPSA) is 30.5 Å². The SMILES string of the molecule is CCCNCc1cccc(OC)c1OCc1ccc(F)cc1.Cl. The van der Waals surface area contributed by atoms with Crippen LogP contribution < -0.4 is 14.8 Å². The first-order valence-corrected chi connectivity index (χ1v) is 7.48. The molecule has 2 aromatic carbocycles. The van der Waals surface area contributed by atoms with Crippen LogP contribution in [-0.2, 0) is 13.2 Å². The average molecular weight is 340 g/mol. The van der Waals surface area contributed by atoms with Gasteiger partial charge in [-0.1, -0.05) is 31.2 Å². The Morgan fingerprint density at radius 1 is 1.09 bits per heavy atom. The molecular weight excluding hydrogens is 317 g/mol. The zero-order valence-electron chi connectivity index (χ0n) is 13.5. The predicted molar refractivity (Wildman–Crippen MR) is 93.0 cm³/mol. The maximum Gasteiger partial charge on any atom is 0.166 e. The zero-order chi connectivity index (χ0) is 15.8. The lowest BCUT2D eigenvalue weighted by Crippen LogP contribution is -2.15. The standard InChI is InChI=1S/C18H22FNO2.ClH/c1-3-11-20-12-15-5-4-6-17(21-2)18(15)22-13-14-7-9-16(19)10-8-14;/h4-10,20H,3,11-13H2,1-2H3;1H. The average Bonchev–Trinajstić information content (AvgIpc) is 2.55. The summed E-state index contributed by atoms with van der Waals surface area (Å²) in [5.74, 6) is 1.20. The van der Waals surface area contributed by atoms with Crippen molar-refractivity contribution in [1.29, 1.82) is 0 Å². The Morgan fingerprint density at radius 3 is 2.48 bits per heavy atom. The molecule has 0 bridgehead atoms. The minimum absolute atomic E-state index is 0. The molecule has 23 heavy (non-hydrogen) atoms. The molecule has 2 rings (SSSR count). The van der Waals surface area contributed by atoms with Crippen LogP contribution in [0.3, 0.4) is 0 Å². The molecule has 0 radical (unpaired) electrons. The van der Waals surface area contributed by atoms with Gasteiger partial charge in [0.05, 0.1) is 7.11 Å². The lowest BCUT2D eigenvalue weighted by molar-refractivity contribution is 0.280. The summed E-state index contributed by atoms with van der Waals surface area (Å²) in [7, 11) is 1.63. The molecule has 126 valence electrons. The van der Waals surface area contributed by atoms with E-state index in [9.17, 15) is 4.39 Å². The van der Waals surface area contributed by atoms with Gasteiger partial charge in [-0.05, 0) is 36.7 Å². The third-order valence-corrected chi connectivity index (χ3v) is 3.32. The fourth-order valence-electron chi connectivity index (χ4n) is 2.16. The molecule has 0 heterocycles. The Hall–Kier alpha value is -1.78. The Bertz CT molecular complexity index is 590. The molecule has 3 nitrogen and oxygen atoms in total. The fourth-order valence-corrected chi connectivity index (χ4v) is 2.16. The van der Waals surface area contributed by atoms with E-state index in [1.165, 1.54) is 12.1 Å². The Morgan fingerprint density at radius 2 is 1.83 bits per heavy atom. The second kappa shape index (κ2) is 10.1. The van der Waals surface area contributed by atoms with Gasteiger partial charge in [0.25, 0.3) is 0 Å². The molecule has 0 aromatic heterocycles. The van der Waals surface area contributed by atoms with Gasteiger partial charge in [0.15, 0.2) is 11.5 Å². The molecule has 2 aromatic rings. The van der Waals surface area contributed by atoms with Crippen molar-refractivity contribution in [3.8, 4) is 11.5 Å². The maximum absolute atomic E-state index is 12.9. The summed E-state index contributed by atoms with van der Waals surface area (Å²) < 4.78 is 24.3. The highest BCUT2D eigenvalue weighted by molar-refractivity contribution is 5.85. The molecule has 0 saturated heterocycles. The monoisotopic (exact) mass is 339 g/mol. The minimum Gasteiger partial charge on any atom is -0.493 e. The van der Waals surface area contributed by atoms with Crippen LogP contribution in [0.15, 0.2) is 42.5 Å². The summed E-state index contributed by atoms with van der Waals surface area (Å²) in [4.78, 5) is 0. The van der Waals surface area contributed by atoms with Crippen LogP contribution in [0.25, 0.3) is 0 Å². The molecule has 0 atom stereocenters. The van der Waals surface area contributed by atoms with E-state index in [-0.39, 0.29) is 18.2 Å². The van der Waals surface area contributed by atoms with Crippen molar-refractivity contribution in [2.45, 2.75) is 26.5 Å². The first kappa shape index (κ1) is 19.3. The first-order chi connectivity index (χ1) is 10.7. The van der Waals surface area contributed by atoms with Crippen molar-refractivity contribution < 1.29 is 13.9 Å². The van der Waals surface area contributed by atoms with E-state index in [0.717, 1.165) is 36.4 Å². The van der Waals surface area contributed by atoms with Crippen molar-refractivity contribution in [2.24, 2.45) is 0 Å².